The molecular weight excluding hydrogens is 346 g/mol. The van der Waals surface area contributed by atoms with Gasteiger partial charge in [0.15, 0.2) is 0 Å². The first kappa shape index (κ1) is 19.6. The summed E-state index contributed by atoms with van der Waals surface area (Å²) in [5.74, 6) is 0. The van der Waals surface area contributed by atoms with Gasteiger partial charge in [0.2, 0.25) is 10.0 Å². The smallest absolute Gasteiger partial charge is 0.270 e. The highest BCUT2D eigenvalue weighted by Gasteiger charge is 2.31. The maximum atomic E-state index is 13.0. The number of morpholine rings is 1. The number of nitrogens with zero attached hydrogens (tertiary/aromatic N) is 3. The summed E-state index contributed by atoms with van der Waals surface area (Å²) in [5, 5.41) is 11.1. The Morgan fingerprint density at radius 3 is 2.28 bits per heavy atom. The van der Waals surface area contributed by atoms with Crippen molar-refractivity contribution in [3.05, 3.63) is 28.3 Å². The fraction of sp³-hybridized carbons (Fsp3) is 0.625. The molecule has 1 aliphatic rings. The lowest BCUT2D eigenvalue weighted by Crippen LogP contribution is -2.46. The van der Waals surface area contributed by atoms with Gasteiger partial charge in [-0.05, 0) is 19.9 Å². The minimum atomic E-state index is -3.83. The van der Waals surface area contributed by atoms with E-state index in [0.717, 1.165) is 6.07 Å². The molecule has 140 valence electrons. The molecule has 0 aromatic heterocycles. The Hall–Kier alpha value is -1.71. The van der Waals surface area contributed by atoms with Crippen LogP contribution in [0.3, 0.4) is 0 Å². The van der Waals surface area contributed by atoms with Crippen molar-refractivity contribution in [1.82, 2.24) is 4.31 Å². The molecule has 1 heterocycles. The Kier molecular flexibility index (Phi) is 6.02. The van der Waals surface area contributed by atoms with Crippen molar-refractivity contribution in [3.63, 3.8) is 0 Å². The Morgan fingerprint density at radius 2 is 1.80 bits per heavy atom. The number of benzene rings is 1. The number of anilines is 1. The first-order valence-corrected chi connectivity index (χ1v) is 9.83. The summed E-state index contributed by atoms with van der Waals surface area (Å²) in [4.78, 5) is 12.5. The van der Waals surface area contributed by atoms with Gasteiger partial charge in [-0.2, -0.15) is 4.31 Å². The topological polar surface area (TPSA) is 93.0 Å². The molecule has 0 amide bonds. The summed E-state index contributed by atoms with van der Waals surface area (Å²) in [6, 6.07) is 4.04. The van der Waals surface area contributed by atoms with Gasteiger partial charge >= 0.3 is 0 Å². The molecular formula is C16H25N3O5S. The van der Waals surface area contributed by atoms with Gasteiger partial charge in [0.1, 0.15) is 4.90 Å². The van der Waals surface area contributed by atoms with Crippen LogP contribution in [-0.2, 0) is 14.8 Å². The molecule has 0 saturated carbocycles. The van der Waals surface area contributed by atoms with Gasteiger partial charge in [-0.15, -0.1) is 0 Å². The third kappa shape index (κ3) is 4.10. The van der Waals surface area contributed by atoms with Gasteiger partial charge in [-0.25, -0.2) is 8.42 Å². The fourth-order valence-corrected chi connectivity index (χ4v) is 4.85. The van der Waals surface area contributed by atoms with E-state index in [9.17, 15) is 18.5 Å². The highest BCUT2D eigenvalue weighted by atomic mass is 32.2. The highest BCUT2D eigenvalue weighted by molar-refractivity contribution is 7.89. The van der Waals surface area contributed by atoms with E-state index in [2.05, 4.69) is 0 Å². The number of non-ortho nitro benzene ring substituents is 1. The summed E-state index contributed by atoms with van der Waals surface area (Å²) in [6.07, 6.45) is -0.106. The minimum Gasteiger partial charge on any atom is -0.372 e. The van der Waals surface area contributed by atoms with Gasteiger partial charge in [-0.1, -0.05) is 13.8 Å². The zero-order valence-electron chi connectivity index (χ0n) is 15.0. The molecule has 1 aromatic carbocycles. The Morgan fingerprint density at radius 1 is 1.24 bits per heavy atom. The van der Waals surface area contributed by atoms with E-state index >= 15 is 0 Å². The number of rotatable bonds is 6. The standard InChI is InChI=1S/C16H25N3O5S/c1-5-18(6-2)25(22,23)16-9-14(19(20)21)7-8-15(16)17-10-12(3)24-13(4)11-17/h7-9,12-13H,5-6,10-11H2,1-4H3/t12-,13-/m0/s1. The van der Waals surface area contributed by atoms with Gasteiger partial charge in [0.25, 0.3) is 5.69 Å². The van der Waals surface area contributed by atoms with Crippen molar-refractivity contribution >= 4 is 21.4 Å². The summed E-state index contributed by atoms with van der Waals surface area (Å²) < 4.78 is 33.1. The number of ether oxygens (including phenoxy) is 1. The van der Waals surface area contributed by atoms with E-state index in [-0.39, 0.29) is 22.8 Å². The molecule has 25 heavy (non-hydrogen) atoms. The fourth-order valence-electron chi connectivity index (χ4n) is 3.16. The van der Waals surface area contributed by atoms with Crippen molar-refractivity contribution in [2.75, 3.05) is 31.1 Å². The zero-order valence-corrected chi connectivity index (χ0v) is 15.8. The first-order valence-electron chi connectivity index (χ1n) is 8.39. The second-order valence-corrected chi connectivity index (χ2v) is 8.07. The quantitative estimate of drug-likeness (QED) is 0.562. The molecule has 8 nitrogen and oxygen atoms in total. The van der Waals surface area contributed by atoms with Crippen LogP contribution in [0.15, 0.2) is 23.1 Å². The van der Waals surface area contributed by atoms with E-state index in [1.165, 1.54) is 16.4 Å². The zero-order chi connectivity index (χ0) is 18.8. The van der Waals surface area contributed by atoms with Crippen LogP contribution in [0, 0.1) is 10.1 Å². The number of sulfonamides is 1. The predicted molar refractivity (Wildman–Crippen MR) is 95.4 cm³/mol. The molecule has 1 aromatic rings. The molecule has 0 unspecified atom stereocenters. The molecule has 0 radical (unpaired) electrons. The SMILES string of the molecule is CCN(CC)S(=O)(=O)c1cc([N+](=O)[O-])ccc1N1C[C@H](C)O[C@@H](C)C1. The molecule has 0 N–H and O–H groups in total. The Bertz CT molecular complexity index is 723. The van der Waals surface area contributed by atoms with Crippen LogP contribution in [0.1, 0.15) is 27.7 Å². The normalized spacial score (nSPS) is 21.6. The molecule has 9 heteroatoms. The van der Waals surface area contributed by atoms with Crippen molar-refractivity contribution in [2.45, 2.75) is 44.8 Å². The molecule has 1 saturated heterocycles. The largest absolute Gasteiger partial charge is 0.372 e. The van der Waals surface area contributed by atoms with E-state index in [0.29, 0.717) is 31.9 Å². The highest BCUT2D eigenvalue weighted by Crippen LogP contribution is 2.33. The summed E-state index contributed by atoms with van der Waals surface area (Å²) in [6.45, 7) is 9.01. The Balaban J connectivity index is 2.58. The molecule has 2 rings (SSSR count). The molecule has 0 aliphatic carbocycles. The minimum absolute atomic E-state index is 0.0216. The molecule has 0 spiro atoms. The predicted octanol–water partition coefficient (Wildman–Crippen LogP) is 2.24. The summed E-state index contributed by atoms with van der Waals surface area (Å²) in [7, 11) is -3.83. The summed E-state index contributed by atoms with van der Waals surface area (Å²) >= 11 is 0. The molecule has 1 aliphatic heterocycles. The average Bonchev–Trinajstić information content (AvgIpc) is 2.54. The third-order valence-electron chi connectivity index (χ3n) is 4.24. The lowest BCUT2D eigenvalue weighted by Gasteiger charge is -2.37. The van der Waals surface area contributed by atoms with Gasteiger partial charge in [0.05, 0.1) is 22.8 Å². The maximum absolute atomic E-state index is 13.0. The number of hydrogen-bond acceptors (Lipinski definition) is 6. The van der Waals surface area contributed by atoms with E-state index in [4.69, 9.17) is 4.74 Å². The number of hydrogen-bond donors (Lipinski definition) is 0. The van der Waals surface area contributed by atoms with Crippen molar-refractivity contribution in [3.8, 4) is 0 Å². The number of nitro benzene ring substituents is 1. The number of nitro groups is 1. The molecule has 2 atom stereocenters. The third-order valence-corrected chi connectivity index (χ3v) is 6.32. The average molecular weight is 371 g/mol. The summed E-state index contributed by atoms with van der Waals surface area (Å²) in [5.41, 5.74) is 0.253. The van der Waals surface area contributed by atoms with Crippen LogP contribution in [0.4, 0.5) is 11.4 Å². The Labute approximate surface area is 148 Å². The second-order valence-electron chi connectivity index (χ2n) is 6.16. The molecule has 1 fully saturated rings. The van der Waals surface area contributed by atoms with Crippen LogP contribution < -0.4 is 4.90 Å². The second kappa shape index (κ2) is 7.67. The van der Waals surface area contributed by atoms with Crippen LogP contribution in [-0.4, -0.2) is 56.0 Å². The van der Waals surface area contributed by atoms with Crippen LogP contribution in [0.25, 0.3) is 0 Å². The van der Waals surface area contributed by atoms with Gasteiger partial charge < -0.3 is 9.64 Å². The van der Waals surface area contributed by atoms with Gasteiger partial charge in [0, 0.05) is 38.3 Å². The molecule has 0 bridgehead atoms. The van der Waals surface area contributed by atoms with E-state index in [1.807, 2.05) is 18.7 Å². The van der Waals surface area contributed by atoms with E-state index < -0.39 is 14.9 Å². The van der Waals surface area contributed by atoms with Gasteiger partial charge in [-0.3, -0.25) is 10.1 Å². The van der Waals surface area contributed by atoms with Crippen molar-refractivity contribution < 1.29 is 18.1 Å². The maximum Gasteiger partial charge on any atom is 0.270 e. The van der Waals surface area contributed by atoms with Crippen molar-refractivity contribution in [1.29, 1.82) is 0 Å². The van der Waals surface area contributed by atoms with Crippen LogP contribution >= 0.6 is 0 Å². The van der Waals surface area contributed by atoms with Crippen LogP contribution in [0.5, 0.6) is 0 Å². The van der Waals surface area contributed by atoms with E-state index in [1.54, 1.807) is 13.8 Å². The first-order chi connectivity index (χ1) is 11.7. The lowest BCUT2D eigenvalue weighted by atomic mass is 10.2. The monoisotopic (exact) mass is 371 g/mol. The lowest BCUT2D eigenvalue weighted by molar-refractivity contribution is -0.385. The van der Waals surface area contributed by atoms with Crippen molar-refractivity contribution in [2.24, 2.45) is 0 Å². The van der Waals surface area contributed by atoms with Crippen LogP contribution in [0.2, 0.25) is 0 Å².